The molecule has 0 aliphatic carbocycles. The number of nitrogens with one attached hydrogen (secondary N) is 1. The van der Waals surface area contributed by atoms with Crippen molar-refractivity contribution in [2.75, 3.05) is 0 Å². The molecule has 0 aliphatic heterocycles. The van der Waals surface area contributed by atoms with E-state index in [1.165, 1.54) is 18.6 Å². The van der Waals surface area contributed by atoms with Crippen molar-refractivity contribution in [3.8, 4) is 0 Å². The van der Waals surface area contributed by atoms with Gasteiger partial charge in [0.15, 0.2) is 0 Å². The Kier molecular flexibility index (Phi) is 3.73. The number of amides is 1. The highest BCUT2D eigenvalue weighted by atomic mass is 16.4. The maximum atomic E-state index is 11.4. The highest BCUT2D eigenvalue weighted by molar-refractivity contribution is 5.94. The van der Waals surface area contributed by atoms with Crippen LogP contribution in [-0.4, -0.2) is 33.0 Å². The standard InChI is InChI=1S/C9H11N3O3/c1-2-6(9(14)15)12-8(13)7-5-10-3-4-11-7/h3-6H,2H2,1H3,(H,12,13)(H,14,15). The molecule has 0 aliphatic rings. The summed E-state index contributed by atoms with van der Waals surface area (Å²) in [5, 5.41) is 11.1. The normalized spacial score (nSPS) is 11.8. The van der Waals surface area contributed by atoms with E-state index in [1.807, 2.05) is 0 Å². The highest BCUT2D eigenvalue weighted by Crippen LogP contribution is 1.95. The van der Waals surface area contributed by atoms with Crippen LogP contribution in [0.3, 0.4) is 0 Å². The number of carboxylic acid groups (broad SMARTS) is 1. The zero-order chi connectivity index (χ0) is 11.3. The van der Waals surface area contributed by atoms with Gasteiger partial charge < -0.3 is 10.4 Å². The van der Waals surface area contributed by atoms with Crippen LogP contribution in [0.15, 0.2) is 18.6 Å². The molecular formula is C9H11N3O3. The molecule has 1 atom stereocenters. The van der Waals surface area contributed by atoms with Crippen molar-refractivity contribution in [3.05, 3.63) is 24.3 Å². The Labute approximate surface area is 86.4 Å². The second-order valence-corrected chi connectivity index (χ2v) is 2.86. The Morgan fingerprint density at radius 2 is 2.27 bits per heavy atom. The second-order valence-electron chi connectivity index (χ2n) is 2.86. The molecule has 2 N–H and O–H groups in total. The first-order valence-electron chi connectivity index (χ1n) is 4.44. The third kappa shape index (κ3) is 3.01. The van der Waals surface area contributed by atoms with E-state index in [9.17, 15) is 9.59 Å². The van der Waals surface area contributed by atoms with Gasteiger partial charge in [0.05, 0.1) is 6.20 Å². The van der Waals surface area contributed by atoms with E-state index in [2.05, 4.69) is 15.3 Å². The van der Waals surface area contributed by atoms with Crippen molar-refractivity contribution >= 4 is 11.9 Å². The highest BCUT2D eigenvalue weighted by Gasteiger charge is 2.18. The van der Waals surface area contributed by atoms with E-state index in [1.54, 1.807) is 6.92 Å². The average Bonchev–Trinajstić information content (AvgIpc) is 2.26. The van der Waals surface area contributed by atoms with Gasteiger partial charge in [-0.25, -0.2) is 9.78 Å². The molecule has 1 aromatic heterocycles. The Bertz CT molecular complexity index is 353. The minimum Gasteiger partial charge on any atom is -0.480 e. The van der Waals surface area contributed by atoms with Crippen molar-refractivity contribution in [1.82, 2.24) is 15.3 Å². The van der Waals surface area contributed by atoms with Crippen molar-refractivity contribution in [1.29, 1.82) is 0 Å². The van der Waals surface area contributed by atoms with Crippen LogP contribution in [0.5, 0.6) is 0 Å². The van der Waals surface area contributed by atoms with Crippen molar-refractivity contribution in [2.24, 2.45) is 0 Å². The smallest absolute Gasteiger partial charge is 0.326 e. The predicted octanol–water partition coefficient (Wildman–Crippen LogP) is 0.0696. The average molecular weight is 209 g/mol. The van der Waals surface area contributed by atoms with Crippen molar-refractivity contribution < 1.29 is 14.7 Å². The number of carboxylic acids is 1. The molecule has 1 rings (SSSR count). The lowest BCUT2D eigenvalue weighted by Gasteiger charge is -2.11. The Morgan fingerprint density at radius 3 is 2.73 bits per heavy atom. The Balaban J connectivity index is 2.67. The van der Waals surface area contributed by atoms with Crippen LogP contribution in [0.25, 0.3) is 0 Å². The van der Waals surface area contributed by atoms with E-state index in [4.69, 9.17) is 5.11 Å². The van der Waals surface area contributed by atoms with Gasteiger partial charge >= 0.3 is 5.97 Å². The van der Waals surface area contributed by atoms with Gasteiger partial charge in [0.2, 0.25) is 0 Å². The largest absolute Gasteiger partial charge is 0.480 e. The number of carbonyl (C=O) groups excluding carboxylic acids is 1. The number of rotatable bonds is 4. The van der Waals surface area contributed by atoms with E-state index < -0.39 is 17.9 Å². The van der Waals surface area contributed by atoms with Gasteiger partial charge in [-0.1, -0.05) is 6.92 Å². The van der Waals surface area contributed by atoms with Crippen LogP contribution in [0, 0.1) is 0 Å². The second kappa shape index (κ2) is 5.04. The van der Waals surface area contributed by atoms with Gasteiger partial charge in [-0.3, -0.25) is 9.78 Å². The van der Waals surface area contributed by atoms with Gasteiger partial charge in [0.25, 0.3) is 5.91 Å². The lowest BCUT2D eigenvalue weighted by molar-refractivity contribution is -0.139. The van der Waals surface area contributed by atoms with Gasteiger partial charge in [-0.05, 0) is 6.42 Å². The molecule has 1 amide bonds. The first-order chi connectivity index (χ1) is 7.15. The summed E-state index contributed by atoms with van der Waals surface area (Å²) in [6.45, 7) is 1.68. The summed E-state index contributed by atoms with van der Waals surface area (Å²) in [6.07, 6.45) is 4.41. The lowest BCUT2D eigenvalue weighted by atomic mass is 10.2. The summed E-state index contributed by atoms with van der Waals surface area (Å²) in [5.74, 6) is -1.59. The third-order valence-corrected chi connectivity index (χ3v) is 1.81. The Hall–Kier alpha value is -1.98. The van der Waals surface area contributed by atoms with E-state index >= 15 is 0 Å². The summed E-state index contributed by atoms with van der Waals surface area (Å²) < 4.78 is 0. The molecule has 0 spiro atoms. The molecule has 0 saturated carbocycles. The Morgan fingerprint density at radius 1 is 1.53 bits per heavy atom. The molecular weight excluding hydrogens is 198 g/mol. The fourth-order valence-electron chi connectivity index (χ4n) is 0.987. The van der Waals surface area contributed by atoms with Gasteiger partial charge in [0, 0.05) is 12.4 Å². The van der Waals surface area contributed by atoms with Crippen molar-refractivity contribution in [3.63, 3.8) is 0 Å². The molecule has 0 bridgehead atoms. The first-order valence-corrected chi connectivity index (χ1v) is 4.44. The van der Waals surface area contributed by atoms with Crippen LogP contribution in [-0.2, 0) is 4.79 Å². The number of aliphatic carboxylic acids is 1. The van der Waals surface area contributed by atoms with Crippen LogP contribution < -0.4 is 5.32 Å². The molecule has 0 radical (unpaired) electrons. The minimum atomic E-state index is -1.06. The van der Waals surface area contributed by atoms with Crippen molar-refractivity contribution in [2.45, 2.75) is 19.4 Å². The third-order valence-electron chi connectivity index (χ3n) is 1.81. The van der Waals surface area contributed by atoms with Gasteiger partial charge in [0.1, 0.15) is 11.7 Å². The summed E-state index contributed by atoms with van der Waals surface area (Å²) >= 11 is 0. The van der Waals surface area contributed by atoms with Gasteiger partial charge in [-0.2, -0.15) is 0 Å². The summed E-state index contributed by atoms with van der Waals surface area (Å²) in [7, 11) is 0. The number of aromatic nitrogens is 2. The first kappa shape index (κ1) is 11.1. The molecule has 1 heterocycles. The number of hydrogen-bond donors (Lipinski definition) is 2. The number of carbonyl (C=O) groups is 2. The number of hydrogen-bond acceptors (Lipinski definition) is 4. The zero-order valence-corrected chi connectivity index (χ0v) is 8.17. The lowest BCUT2D eigenvalue weighted by Crippen LogP contribution is -2.40. The zero-order valence-electron chi connectivity index (χ0n) is 8.17. The maximum Gasteiger partial charge on any atom is 0.326 e. The SMILES string of the molecule is CCC(NC(=O)c1cnccn1)C(=O)O. The van der Waals surface area contributed by atoms with Crippen LogP contribution in [0.4, 0.5) is 0 Å². The summed E-state index contributed by atoms with van der Waals surface area (Å²) in [6, 6.07) is -0.889. The quantitative estimate of drug-likeness (QED) is 0.732. The molecule has 15 heavy (non-hydrogen) atoms. The summed E-state index contributed by atoms with van der Waals surface area (Å²) in [5.41, 5.74) is 0.109. The number of nitrogens with zero attached hydrogens (tertiary/aromatic N) is 2. The topological polar surface area (TPSA) is 92.2 Å². The van der Waals surface area contributed by atoms with Crippen LogP contribution in [0.2, 0.25) is 0 Å². The fourth-order valence-corrected chi connectivity index (χ4v) is 0.987. The monoisotopic (exact) mass is 209 g/mol. The molecule has 6 nitrogen and oxygen atoms in total. The molecule has 6 heteroatoms. The van der Waals surface area contributed by atoms with E-state index in [0.717, 1.165) is 0 Å². The summed E-state index contributed by atoms with van der Waals surface area (Å²) in [4.78, 5) is 29.6. The predicted molar refractivity (Wildman–Crippen MR) is 51.2 cm³/mol. The molecule has 0 aromatic carbocycles. The van der Waals surface area contributed by atoms with Crippen LogP contribution in [0.1, 0.15) is 23.8 Å². The molecule has 1 unspecified atom stereocenters. The minimum absolute atomic E-state index is 0.109. The van der Waals surface area contributed by atoms with Crippen LogP contribution >= 0.6 is 0 Å². The van der Waals surface area contributed by atoms with Gasteiger partial charge in [-0.15, -0.1) is 0 Å². The maximum absolute atomic E-state index is 11.4. The molecule has 0 saturated heterocycles. The van der Waals surface area contributed by atoms with E-state index in [0.29, 0.717) is 6.42 Å². The fraction of sp³-hybridized carbons (Fsp3) is 0.333. The molecule has 0 fully saturated rings. The van der Waals surface area contributed by atoms with E-state index in [-0.39, 0.29) is 5.69 Å². The molecule has 1 aromatic rings. The molecule has 80 valence electrons.